The van der Waals surface area contributed by atoms with Gasteiger partial charge in [-0.25, -0.2) is 4.68 Å². The van der Waals surface area contributed by atoms with E-state index < -0.39 is 0 Å². The van der Waals surface area contributed by atoms with E-state index in [9.17, 15) is 0 Å². The van der Waals surface area contributed by atoms with Crippen molar-refractivity contribution < 1.29 is 0 Å². The van der Waals surface area contributed by atoms with Gasteiger partial charge in [0.1, 0.15) is 0 Å². The molecule has 0 spiro atoms. The first kappa shape index (κ1) is 21.0. The van der Waals surface area contributed by atoms with Crippen LogP contribution in [0.3, 0.4) is 0 Å². The number of nitrogens with zero attached hydrogens (tertiary/aromatic N) is 2. The molecular formula is C25H34N2. The van der Waals surface area contributed by atoms with Gasteiger partial charge in [-0.3, -0.25) is 0 Å². The first-order valence-electron chi connectivity index (χ1n) is 10.0. The largest absolute Gasteiger partial charge is 0.233 e. The fourth-order valence-corrected chi connectivity index (χ4v) is 3.42. The van der Waals surface area contributed by atoms with Gasteiger partial charge in [0.2, 0.25) is 0 Å². The molecule has 3 rings (SSSR count). The van der Waals surface area contributed by atoms with Gasteiger partial charge in [0, 0.05) is 5.56 Å². The van der Waals surface area contributed by atoms with Crippen LogP contribution in [0.5, 0.6) is 0 Å². The van der Waals surface area contributed by atoms with Crippen molar-refractivity contribution in [1.29, 1.82) is 0 Å². The van der Waals surface area contributed by atoms with Gasteiger partial charge in [0.05, 0.1) is 17.6 Å². The molecule has 1 heterocycles. The molecule has 144 valence electrons. The summed E-state index contributed by atoms with van der Waals surface area (Å²) in [5.41, 5.74) is 7.56. The molecular weight excluding hydrogens is 328 g/mol. The SMILES string of the molecule is CC.Cc1cccc(C)c1-c1ccnn1-c1ccccc1C(C)(C)C(C)C. The average Bonchev–Trinajstić information content (AvgIpc) is 3.12. The summed E-state index contributed by atoms with van der Waals surface area (Å²) in [6.45, 7) is 17.5. The summed E-state index contributed by atoms with van der Waals surface area (Å²) in [6.07, 6.45) is 1.90. The molecule has 2 aromatic carbocycles. The number of rotatable bonds is 4. The van der Waals surface area contributed by atoms with Crippen LogP contribution in [0.15, 0.2) is 54.7 Å². The highest BCUT2D eigenvalue weighted by Gasteiger charge is 2.28. The highest BCUT2D eigenvalue weighted by atomic mass is 15.3. The molecule has 0 saturated carbocycles. The molecule has 2 heteroatoms. The summed E-state index contributed by atoms with van der Waals surface area (Å²) in [6, 6.07) is 17.2. The fraction of sp³-hybridized carbons (Fsp3) is 0.400. The third-order valence-electron chi connectivity index (χ3n) is 5.65. The summed E-state index contributed by atoms with van der Waals surface area (Å²) in [5.74, 6) is 0.535. The molecule has 0 N–H and O–H groups in total. The summed E-state index contributed by atoms with van der Waals surface area (Å²) in [5, 5.41) is 4.70. The molecule has 0 aliphatic rings. The smallest absolute Gasteiger partial charge is 0.0746 e. The zero-order valence-electron chi connectivity index (χ0n) is 18.2. The maximum Gasteiger partial charge on any atom is 0.0746 e. The molecule has 0 fully saturated rings. The summed E-state index contributed by atoms with van der Waals surface area (Å²) in [4.78, 5) is 0. The molecule has 0 atom stereocenters. The maximum atomic E-state index is 4.70. The van der Waals surface area contributed by atoms with Gasteiger partial charge in [-0.1, -0.05) is 77.9 Å². The lowest BCUT2D eigenvalue weighted by atomic mass is 9.74. The molecule has 0 aliphatic heterocycles. The molecule has 1 aromatic heterocycles. The minimum absolute atomic E-state index is 0.0700. The molecule has 3 aromatic rings. The van der Waals surface area contributed by atoms with Crippen molar-refractivity contribution in [2.24, 2.45) is 5.92 Å². The molecule has 0 saturated heterocycles. The second-order valence-corrected chi connectivity index (χ2v) is 7.79. The van der Waals surface area contributed by atoms with Crippen LogP contribution in [0, 0.1) is 19.8 Å². The lowest BCUT2D eigenvalue weighted by molar-refractivity contribution is 0.371. The van der Waals surface area contributed by atoms with Crippen molar-refractivity contribution in [3.05, 3.63) is 71.4 Å². The van der Waals surface area contributed by atoms with Crippen molar-refractivity contribution in [3.63, 3.8) is 0 Å². The molecule has 0 bridgehead atoms. The Morgan fingerprint density at radius 3 is 2.04 bits per heavy atom. The van der Waals surface area contributed by atoms with E-state index in [-0.39, 0.29) is 5.41 Å². The van der Waals surface area contributed by atoms with Gasteiger partial charge in [0.15, 0.2) is 0 Å². The van der Waals surface area contributed by atoms with E-state index in [1.165, 1.54) is 27.9 Å². The molecule has 0 aliphatic carbocycles. The number of para-hydroxylation sites is 1. The molecule has 27 heavy (non-hydrogen) atoms. The van der Waals surface area contributed by atoms with Crippen molar-refractivity contribution >= 4 is 0 Å². The van der Waals surface area contributed by atoms with Crippen LogP contribution in [0.1, 0.15) is 58.2 Å². The second-order valence-electron chi connectivity index (χ2n) is 7.79. The number of benzene rings is 2. The van der Waals surface area contributed by atoms with Crippen LogP contribution in [0.2, 0.25) is 0 Å². The molecule has 0 radical (unpaired) electrons. The summed E-state index contributed by atoms with van der Waals surface area (Å²) in [7, 11) is 0. The van der Waals surface area contributed by atoms with E-state index in [0.717, 1.165) is 5.69 Å². The normalized spacial score (nSPS) is 11.3. The zero-order chi connectivity index (χ0) is 20.2. The Morgan fingerprint density at radius 1 is 0.852 bits per heavy atom. The van der Waals surface area contributed by atoms with Crippen molar-refractivity contribution in [2.45, 2.75) is 60.8 Å². The maximum absolute atomic E-state index is 4.70. The van der Waals surface area contributed by atoms with E-state index >= 15 is 0 Å². The first-order valence-corrected chi connectivity index (χ1v) is 10.0. The average molecular weight is 363 g/mol. The van der Waals surface area contributed by atoms with Crippen LogP contribution in [-0.4, -0.2) is 9.78 Å². The third-order valence-corrected chi connectivity index (χ3v) is 5.65. The van der Waals surface area contributed by atoms with E-state index in [4.69, 9.17) is 5.10 Å². The molecule has 0 unspecified atom stereocenters. The highest BCUT2D eigenvalue weighted by molar-refractivity contribution is 5.70. The van der Waals surface area contributed by atoms with Crippen LogP contribution in [-0.2, 0) is 5.41 Å². The van der Waals surface area contributed by atoms with Crippen molar-refractivity contribution in [2.75, 3.05) is 0 Å². The minimum atomic E-state index is 0.0700. The predicted molar refractivity (Wildman–Crippen MR) is 118 cm³/mol. The third kappa shape index (κ3) is 4.00. The molecule has 2 nitrogen and oxygen atoms in total. The van der Waals surface area contributed by atoms with Gasteiger partial charge in [-0.15, -0.1) is 0 Å². The number of hydrogen-bond acceptors (Lipinski definition) is 1. The Labute approximate surface area is 165 Å². The summed E-state index contributed by atoms with van der Waals surface area (Å²) >= 11 is 0. The Morgan fingerprint density at radius 2 is 1.44 bits per heavy atom. The Kier molecular flexibility index (Phi) is 6.64. The Balaban J connectivity index is 0.00000126. The van der Waals surface area contributed by atoms with E-state index in [1.54, 1.807) is 0 Å². The monoisotopic (exact) mass is 362 g/mol. The number of aryl methyl sites for hydroxylation is 2. The Hall–Kier alpha value is -2.35. The Bertz CT molecular complexity index is 865. The fourth-order valence-electron chi connectivity index (χ4n) is 3.42. The molecule has 0 amide bonds. The highest BCUT2D eigenvalue weighted by Crippen LogP contribution is 2.37. The lowest BCUT2D eigenvalue weighted by Gasteiger charge is -2.32. The lowest BCUT2D eigenvalue weighted by Crippen LogP contribution is -2.26. The van der Waals surface area contributed by atoms with Crippen molar-refractivity contribution in [1.82, 2.24) is 9.78 Å². The van der Waals surface area contributed by atoms with Gasteiger partial charge in [-0.05, 0) is 54.0 Å². The number of hydrogen-bond donors (Lipinski definition) is 0. The zero-order valence-corrected chi connectivity index (χ0v) is 18.2. The van der Waals surface area contributed by atoms with Crippen LogP contribution < -0.4 is 0 Å². The van der Waals surface area contributed by atoms with Crippen molar-refractivity contribution in [3.8, 4) is 16.9 Å². The van der Waals surface area contributed by atoms with E-state index in [0.29, 0.717) is 5.92 Å². The van der Waals surface area contributed by atoms with Gasteiger partial charge in [-0.2, -0.15) is 5.10 Å². The van der Waals surface area contributed by atoms with Gasteiger partial charge < -0.3 is 0 Å². The van der Waals surface area contributed by atoms with Crippen LogP contribution in [0.25, 0.3) is 16.9 Å². The second kappa shape index (κ2) is 8.56. The van der Waals surface area contributed by atoms with Gasteiger partial charge >= 0.3 is 0 Å². The van der Waals surface area contributed by atoms with Crippen LogP contribution in [0.4, 0.5) is 0 Å². The standard InChI is InChI=1S/C23H28N2.C2H6/c1-16(2)23(5,6)19-12-7-8-13-20(19)25-21(14-15-24-25)22-17(3)10-9-11-18(22)4;1-2/h7-16H,1-6H3;1-2H3. The topological polar surface area (TPSA) is 17.8 Å². The minimum Gasteiger partial charge on any atom is -0.233 e. The predicted octanol–water partition coefficient (Wildman–Crippen LogP) is 7.12. The summed E-state index contributed by atoms with van der Waals surface area (Å²) < 4.78 is 2.11. The van der Waals surface area contributed by atoms with E-state index in [2.05, 4.69) is 94.8 Å². The first-order chi connectivity index (χ1) is 12.8. The number of aromatic nitrogens is 2. The quantitative estimate of drug-likeness (QED) is 0.483. The van der Waals surface area contributed by atoms with Crippen LogP contribution >= 0.6 is 0 Å². The van der Waals surface area contributed by atoms with E-state index in [1.807, 2.05) is 20.0 Å². The van der Waals surface area contributed by atoms with Gasteiger partial charge in [0.25, 0.3) is 0 Å².